The van der Waals surface area contributed by atoms with Gasteiger partial charge in [-0.25, -0.2) is 4.39 Å². The Bertz CT molecular complexity index is 1050. The van der Waals surface area contributed by atoms with Crippen LogP contribution in [-0.4, -0.2) is 12.0 Å². The Labute approximate surface area is 184 Å². The molecule has 154 valence electrons. The second-order valence-electron chi connectivity index (χ2n) is 7.43. The van der Waals surface area contributed by atoms with Crippen LogP contribution in [0.3, 0.4) is 0 Å². The van der Waals surface area contributed by atoms with Gasteiger partial charge < -0.3 is 10.1 Å². The van der Waals surface area contributed by atoms with E-state index < -0.39 is 18.2 Å². The molecule has 30 heavy (non-hydrogen) atoms. The molecule has 1 saturated heterocycles. The minimum atomic E-state index is -0.813. The second kappa shape index (κ2) is 8.76. The summed E-state index contributed by atoms with van der Waals surface area (Å²) in [7, 11) is 0. The lowest BCUT2D eigenvalue weighted by Gasteiger charge is -2.37. The molecule has 1 amide bonds. The lowest BCUT2D eigenvalue weighted by atomic mass is 9.92. The largest absolute Gasteiger partial charge is 0.358 e. The average molecular weight is 444 g/mol. The zero-order valence-electron chi connectivity index (χ0n) is 16.2. The molecule has 3 aromatic rings. The van der Waals surface area contributed by atoms with Crippen LogP contribution in [-0.2, 0) is 16.0 Å². The van der Waals surface area contributed by atoms with E-state index >= 15 is 0 Å². The van der Waals surface area contributed by atoms with Crippen molar-refractivity contribution in [1.82, 2.24) is 5.32 Å². The molecule has 3 aromatic carbocycles. The molecule has 4 rings (SSSR count). The van der Waals surface area contributed by atoms with Crippen molar-refractivity contribution in [3.05, 3.63) is 105 Å². The summed E-state index contributed by atoms with van der Waals surface area (Å²) in [6, 6.07) is 19.2. The monoisotopic (exact) mass is 443 g/mol. The van der Waals surface area contributed by atoms with E-state index in [-0.39, 0.29) is 18.1 Å². The Morgan fingerprint density at radius 2 is 1.53 bits per heavy atom. The first-order valence-electron chi connectivity index (χ1n) is 9.62. The number of aryl methyl sites for hydroxylation is 1. The molecule has 0 aliphatic carbocycles. The Balaban J connectivity index is 1.66. The summed E-state index contributed by atoms with van der Waals surface area (Å²) in [6.45, 7) is 1.82. The van der Waals surface area contributed by atoms with Crippen LogP contribution in [0.15, 0.2) is 66.7 Å². The van der Waals surface area contributed by atoms with Gasteiger partial charge in [0.1, 0.15) is 18.0 Å². The van der Waals surface area contributed by atoms with Crippen molar-refractivity contribution < 1.29 is 13.9 Å². The summed E-state index contributed by atoms with van der Waals surface area (Å²) in [6.07, 6.45) is -1.12. The first kappa shape index (κ1) is 20.9. The number of hydrogen-bond donors (Lipinski definition) is 1. The molecule has 1 heterocycles. The molecule has 0 bridgehead atoms. The molecule has 0 spiro atoms. The fourth-order valence-electron chi connectivity index (χ4n) is 3.65. The van der Waals surface area contributed by atoms with Crippen molar-refractivity contribution in [2.24, 2.45) is 0 Å². The van der Waals surface area contributed by atoms with Gasteiger partial charge in [-0.1, -0.05) is 59.6 Å². The van der Waals surface area contributed by atoms with Gasteiger partial charge in [0.15, 0.2) is 0 Å². The van der Waals surface area contributed by atoms with Crippen molar-refractivity contribution >= 4 is 29.1 Å². The second-order valence-corrected chi connectivity index (χ2v) is 8.31. The fraction of sp³-hybridized carbons (Fsp3) is 0.208. The van der Waals surface area contributed by atoms with Crippen molar-refractivity contribution in [1.29, 1.82) is 0 Å². The summed E-state index contributed by atoms with van der Waals surface area (Å²) < 4.78 is 20.6. The van der Waals surface area contributed by atoms with E-state index in [9.17, 15) is 9.18 Å². The van der Waals surface area contributed by atoms with Gasteiger partial charge in [-0.05, 0) is 59.5 Å². The molecule has 1 N–H and O–H groups in total. The van der Waals surface area contributed by atoms with Gasteiger partial charge >= 0.3 is 0 Å². The molecule has 3 nitrogen and oxygen atoms in total. The van der Waals surface area contributed by atoms with E-state index in [1.807, 2.05) is 37.3 Å². The molecular formula is C24H20Cl2FNO2. The first-order chi connectivity index (χ1) is 14.4. The third kappa shape index (κ3) is 4.51. The molecule has 1 aliphatic heterocycles. The smallest absolute Gasteiger partial charge is 0.250 e. The van der Waals surface area contributed by atoms with Gasteiger partial charge in [0.05, 0.1) is 6.04 Å². The summed E-state index contributed by atoms with van der Waals surface area (Å²) in [5.41, 5.74) is 3.01. The highest BCUT2D eigenvalue weighted by atomic mass is 35.5. The highest BCUT2D eigenvalue weighted by Crippen LogP contribution is 2.37. The van der Waals surface area contributed by atoms with Gasteiger partial charge in [0.2, 0.25) is 5.91 Å². The Morgan fingerprint density at radius 1 is 0.933 bits per heavy atom. The van der Waals surface area contributed by atoms with Crippen LogP contribution in [0.2, 0.25) is 10.0 Å². The molecule has 1 fully saturated rings. The third-order valence-corrected chi connectivity index (χ3v) is 5.75. The number of carbonyl (C=O) groups excluding carboxylic acids is 1. The SMILES string of the molecule is Cc1ccc(C[C@@H]2OC(c3ccc(Cl)cc3)C(c3ccc(Cl)cc3)NC2=O)c(F)c1. The molecule has 0 saturated carbocycles. The Kier molecular flexibility index (Phi) is 6.09. The highest BCUT2D eigenvalue weighted by molar-refractivity contribution is 6.30. The third-order valence-electron chi connectivity index (χ3n) is 5.25. The molecule has 6 heteroatoms. The van der Waals surface area contributed by atoms with Crippen molar-refractivity contribution in [2.45, 2.75) is 31.6 Å². The molecule has 0 radical (unpaired) electrons. The van der Waals surface area contributed by atoms with Gasteiger partial charge in [-0.2, -0.15) is 0 Å². The zero-order chi connectivity index (χ0) is 21.3. The fourth-order valence-corrected chi connectivity index (χ4v) is 3.90. The molecule has 0 aromatic heterocycles. The summed E-state index contributed by atoms with van der Waals surface area (Å²) in [4.78, 5) is 12.9. The van der Waals surface area contributed by atoms with Crippen molar-refractivity contribution in [3.8, 4) is 0 Å². The minimum Gasteiger partial charge on any atom is -0.358 e. The predicted octanol–water partition coefficient (Wildman–Crippen LogP) is 5.98. The summed E-state index contributed by atoms with van der Waals surface area (Å²) in [5, 5.41) is 4.27. The minimum absolute atomic E-state index is 0.148. The predicted molar refractivity (Wildman–Crippen MR) is 116 cm³/mol. The van der Waals surface area contributed by atoms with Crippen LogP contribution < -0.4 is 5.32 Å². The standard InChI is InChI=1S/C24H20Cl2FNO2/c1-14-2-3-17(20(27)12-14)13-21-24(29)28-22(15-4-8-18(25)9-5-15)23(30-21)16-6-10-19(26)11-7-16/h2-12,21-23H,13H2,1H3,(H,28,29)/t21-,22?,23?/m0/s1. The first-order valence-corrected chi connectivity index (χ1v) is 10.4. The van der Waals surface area contributed by atoms with E-state index in [1.54, 1.807) is 30.3 Å². The molecule has 2 unspecified atom stereocenters. The van der Waals surface area contributed by atoms with Crippen LogP contribution in [0.5, 0.6) is 0 Å². The van der Waals surface area contributed by atoms with E-state index in [1.165, 1.54) is 6.07 Å². The van der Waals surface area contributed by atoms with Crippen LogP contribution in [0.4, 0.5) is 4.39 Å². The van der Waals surface area contributed by atoms with Gasteiger partial charge in [-0.3, -0.25) is 4.79 Å². The molecular weight excluding hydrogens is 424 g/mol. The number of benzene rings is 3. The normalized spacial score (nSPS) is 21.3. The number of morpholine rings is 1. The molecule has 1 aliphatic rings. The van der Waals surface area contributed by atoms with Crippen LogP contribution in [0, 0.1) is 12.7 Å². The van der Waals surface area contributed by atoms with Gasteiger partial charge in [-0.15, -0.1) is 0 Å². The number of hydrogen-bond acceptors (Lipinski definition) is 2. The van der Waals surface area contributed by atoms with Crippen LogP contribution in [0.1, 0.15) is 34.4 Å². The van der Waals surface area contributed by atoms with E-state index in [2.05, 4.69) is 5.32 Å². The summed E-state index contributed by atoms with van der Waals surface area (Å²) >= 11 is 12.1. The van der Waals surface area contributed by atoms with E-state index in [0.29, 0.717) is 15.6 Å². The highest BCUT2D eigenvalue weighted by Gasteiger charge is 2.38. The maximum atomic E-state index is 14.4. The number of carbonyl (C=O) groups is 1. The van der Waals surface area contributed by atoms with Gasteiger partial charge in [0, 0.05) is 16.5 Å². The zero-order valence-corrected chi connectivity index (χ0v) is 17.8. The Hall–Kier alpha value is -2.40. The topological polar surface area (TPSA) is 38.3 Å². The number of rotatable bonds is 4. The lowest BCUT2D eigenvalue weighted by Crippen LogP contribution is -2.48. The van der Waals surface area contributed by atoms with Crippen LogP contribution in [0.25, 0.3) is 0 Å². The number of halogens is 3. The summed E-state index contributed by atoms with van der Waals surface area (Å²) in [5.74, 6) is -0.616. The maximum absolute atomic E-state index is 14.4. The average Bonchev–Trinajstić information content (AvgIpc) is 2.72. The van der Waals surface area contributed by atoms with Crippen LogP contribution >= 0.6 is 23.2 Å². The Morgan fingerprint density at radius 3 is 2.13 bits per heavy atom. The van der Waals surface area contributed by atoms with Crippen molar-refractivity contribution in [2.75, 3.05) is 0 Å². The quantitative estimate of drug-likeness (QED) is 0.538. The van der Waals surface area contributed by atoms with E-state index in [4.69, 9.17) is 27.9 Å². The van der Waals surface area contributed by atoms with Gasteiger partial charge in [0.25, 0.3) is 0 Å². The lowest BCUT2D eigenvalue weighted by molar-refractivity contribution is -0.150. The van der Waals surface area contributed by atoms with Crippen molar-refractivity contribution in [3.63, 3.8) is 0 Å². The number of ether oxygens (including phenoxy) is 1. The van der Waals surface area contributed by atoms with E-state index in [0.717, 1.165) is 16.7 Å². The molecule has 3 atom stereocenters. The number of nitrogens with one attached hydrogen (secondary N) is 1. The maximum Gasteiger partial charge on any atom is 0.250 e. The number of amides is 1.